The van der Waals surface area contributed by atoms with Crippen molar-refractivity contribution in [3.05, 3.63) is 48.5 Å². The molecule has 1 atom stereocenters. The minimum Gasteiger partial charge on any atom is -0.497 e. The van der Waals surface area contributed by atoms with Crippen LogP contribution in [0.15, 0.2) is 53.4 Å². The Labute approximate surface area is 194 Å². The molecule has 0 saturated carbocycles. The molecule has 1 heterocycles. The van der Waals surface area contributed by atoms with Crippen LogP contribution >= 0.6 is 0 Å². The largest absolute Gasteiger partial charge is 0.497 e. The van der Waals surface area contributed by atoms with Gasteiger partial charge in [-0.2, -0.15) is 4.31 Å². The fourth-order valence-corrected chi connectivity index (χ4v) is 5.05. The number of nitrogens with zero attached hydrogens (tertiary/aromatic N) is 1. The van der Waals surface area contributed by atoms with Gasteiger partial charge in [-0.15, -0.1) is 0 Å². The summed E-state index contributed by atoms with van der Waals surface area (Å²) in [4.78, 5) is 25.3. The smallest absolute Gasteiger partial charge is 0.246 e. The number of sulfonamides is 1. The highest BCUT2D eigenvalue weighted by Gasteiger charge is 2.33. The molecule has 1 fully saturated rings. The Kier molecular flexibility index (Phi) is 7.93. The summed E-state index contributed by atoms with van der Waals surface area (Å²) < 4.78 is 37.3. The van der Waals surface area contributed by atoms with E-state index in [0.717, 1.165) is 0 Å². The third kappa shape index (κ3) is 6.02. The van der Waals surface area contributed by atoms with Gasteiger partial charge in [0.05, 0.1) is 19.1 Å². The van der Waals surface area contributed by atoms with Gasteiger partial charge < -0.3 is 20.1 Å². The first-order valence-electron chi connectivity index (χ1n) is 10.6. The van der Waals surface area contributed by atoms with Gasteiger partial charge in [-0.05, 0) is 68.3 Å². The van der Waals surface area contributed by atoms with E-state index >= 15 is 0 Å². The van der Waals surface area contributed by atoms with Gasteiger partial charge in [0.1, 0.15) is 17.5 Å². The van der Waals surface area contributed by atoms with Crippen molar-refractivity contribution in [2.75, 3.05) is 32.6 Å². The number of carbonyl (C=O) groups excluding carboxylic acids is 2. The lowest BCUT2D eigenvalue weighted by atomic mass is 9.97. The Morgan fingerprint density at radius 2 is 1.45 bits per heavy atom. The van der Waals surface area contributed by atoms with E-state index in [9.17, 15) is 18.0 Å². The van der Waals surface area contributed by atoms with Crippen molar-refractivity contribution in [1.29, 1.82) is 0 Å². The van der Waals surface area contributed by atoms with E-state index < -0.39 is 16.1 Å². The zero-order valence-corrected chi connectivity index (χ0v) is 19.7. The number of hydrogen-bond acceptors (Lipinski definition) is 6. The van der Waals surface area contributed by atoms with Crippen molar-refractivity contribution in [2.24, 2.45) is 5.92 Å². The van der Waals surface area contributed by atoms with E-state index in [0.29, 0.717) is 30.0 Å². The normalized spacial score (nSPS) is 16.0. The molecule has 2 N–H and O–H groups in total. The second-order valence-corrected chi connectivity index (χ2v) is 9.74. The van der Waals surface area contributed by atoms with Gasteiger partial charge in [0.2, 0.25) is 21.8 Å². The number of anilines is 1. The molecule has 0 radical (unpaired) electrons. The molecule has 0 unspecified atom stereocenters. The molecule has 3 rings (SSSR count). The molecule has 1 aliphatic rings. The number of hydrogen-bond donors (Lipinski definition) is 2. The predicted octanol–water partition coefficient (Wildman–Crippen LogP) is 2.25. The van der Waals surface area contributed by atoms with Crippen LogP contribution in [0, 0.1) is 5.92 Å². The summed E-state index contributed by atoms with van der Waals surface area (Å²) in [7, 11) is -0.563. The second-order valence-electron chi connectivity index (χ2n) is 7.80. The van der Waals surface area contributed by atoms with E-state index in [1.807, 2.05) is 0 Å². The third-order valence-corrected chi connectivity index (χ3v) is 7.54. The molecule has 2 aromatic rings. The molecule has 0 spiro atoms. The molecule has 2 aromatic carbocycles. The zero-order valence-electron chi connectivity index (χ0n) is 18.9. The van der Waals surface area contributed by atoms with E-state index in [1.54, 1.807) is 50.4 Å². The van der Waals surface area contributed by atoms with Gasteiger partial charge in [0.15, 0.2) is 0 Å². The summed E-state index contributed by atoms with van der Waals surface area (Å²) >= 11 is 0. The Hall–Kier alpha value is -3.11. The first-order valence-corrected chi connectivity index (χ1v) is 12.1. The molecule has 9 nitrogen and oxygen atoms in total. The van der Waals surface area contributed by atoms with Gasteiger partial charge in [-0.1, -0.05) is 0 Å². The van der Waals surface area contributed by atoms with Crippen LogP contribution in [-0.2, 0) is 19.6 Å². The minimum absolute atomic E-state index is 0.190. The third-order valence-electron chi connectivity index (χ3n) is 5.63. The monoisotopic (exact) mass is 475 g/mol. The van der Waals surface area contributed by atoms with Crippen LogP contribution in [0.1, 0.15) is 19.8 Å². The van der Waals surface area contributed by atoms with Crippen molar-refractivity contribution in [3.8, 4) is 11.5 Å². The topological polar surface area (TPSA) is 114 Å². The van der Waals surface area contributed by atoms with Crippen LogP contribution in [0.25, 0.3) is 0 Å². The highest BCUT2D eigenvalue weighted by Crippen LogP contribution is 2.25. The van der Waals surface area contributed by atoms with Gasteiger partial charge in [0, 0.05) is 24.7 Å². The maximum absolute atomic E-state index is 12.9. The molecular weight excluding hydrogens is 446 g/mol. The highest BCUT2D eigenvalue weighted by molar-refractivity contribution is 7.89. The Morgan fingerprint density at radius 1 is 0.939 bits per heavy atom. The van der Waals surface area contributed by atoms with Crippen molar-refractivity contribution in [3.63, 3.8) is 0 Å². The number of rotatable bonds is 8. The standard InChI is InChI=1S/C23H29N3O6S/c1-16(22(27)25-18-4-6-19(31-2)7-5-18)24-23(28)17-12-14-26(15-13-17)33(29,30)21-10-8-20(32-3)9-11-21/h4-11,16-17H,12-15H2,1-3H3,(H,24,28)(H,25,27)/t16-/m0/s1. The van der Waals surface area contributed by atoms with Crippen LogP contribution in [0.5, 0.6) is 11.5 Å². The number of methoxy groups -OCH3 is 2. The fraction of sp³-hybridized carbons (Fsp3) is 0.391. The van der Waals surface area contributed by atoms with Crippen LogP contribution in [0.4, 0.5) is 5.69 Å². The van der Waals surface area contributed by atoms with Crippen LogP contribution in [-0.4, -0.2) is 57.9 Å². The van der Waals surface area contributed by atoms with Crippen molar-refractivity contribution in [2.45, 2.75) is 30.7 Å². The summed E-state index contributed by atoms with van der Waals surface area (Å²) in [6, 6.07) is 12.4. The van der Waals surface area contributed by atoms with E-state index in [-0.39, 0.29) is 35.7 Å². The lowest BCUT2D eigenvalue weighted by molar-refractivity contribution is -0.129. The summed E-state index contributed by atoms with van der Waals surface area (Å²) in [5.74, 6) is 0.301. The van der Waals surface area contributed by atoms with Crippen molar-refractivity contribution in [1.82, 2.24) is 9.62 Å². The number of piperidine rings is 1. The molecule has 0 aliphatic carbocycles. The average Bonchev–Trinajstić information content (AvgIpc) is 2.84. The maximum Gasteiger partial charge on any atom is 0.246 e. The van der Waals surface area contributed by atoms with Gasteiger partial charge in [0.25, 0.3) is 0 Å². The molecular formula is C23H29N3O6S. The lowest BCUT2D eigenvalue weighted by Gasteiger charge is -2.31. The molecule has 0 aromatic heterocycles. The zero-order chi connectivity index (χ0) is 24.0. The molecule has 0 bridgehead atoms. The Bertz CT molecular complexity index is 1060. The van der Waals surface area contributed by atoms with Crippen molar-refractivity contribution < 1.29 is 27.5 Å². The minimum atomic E-state index is -3.64. The number of carbonyl (C=O) groups is 2. The molecule has 178 valence electrons. The molecule has 33 heavy (non-hydrogen) atoms. The summed E-state index contributed by atoms with van der Waals surface area (Å²) in [5, 5.41) is 5.48. The molecule has 1 aliphatic heterocycles. The lowest BCUT2D eigenvalue weighted by Crippen LogP contribution is -2.47. The van der Waals surface area contributed by atoms with E-state index in [4.69, 9.17) is 9.47 Å². The van der Waals surface area contributed by atoms with E-state index in [1.165, 1.54) is 23.5 Å². The Morgan fingerprint density at radius 3 is 1.97 bits per heavy atom. The number of ether oxygens (including phenoxy) is 2. The first kappa shape index (κ1) is 24.5. The Balaban J connectivity index is 1.51. The first-order chi connectivity index (χ1) is 15.7. The van der Waals surface area contributed by atoms with Gasteiger partial charge in [-0.3, -0.25) is 9.59 Å². The van der Waals surface area contributed by atoms with Crippen molar-refractivity contribution >= 4 is 27.5 Å². The van der Waals surface area contributed by atoms with Gasteiger partial charge >= 0.3 is 0 Å². The number of nitrogens with one attached hydrogen (secondary N) is 2. The predicted molar refractivity (Wildman–Crippen MR) is 124 cm³/mol. The second kappa shape index (κ2) is 10.7. The van der Waals surface area contributed by atoms with Crippen LogP contribution in [0.3, 0.4) is 0 Å². The molecule has 1 saturated heterocycles. The van der Waals surface area contributed by atoms with E-state index in [2.05, 4.69) is 10.6 Å². The van der Waals surface area contributed by atoms with Crippen LogP contribution in [0.2, 0.25) is 0 Å². The summed E-state index contributed by atoms with van der Waals surface area (Å²) in [6.45, 7) is 2.08. The quantitative estimate of drug-likeness (QED) is 0.605. The fourth-order valence-electron chi connectivity index (χ4n) is 3.58. The number of benzene rings is 2. The summed E-state index contributed by atoms with van der Waals surface area (Å²) in [5.41, 5.74) is 0.596. The molecule has 10 heteroatoms. The number of amides is 2. The average molecular weight is 476 g/mol. The summed E-state index contributed by atoms with van der Waals surface area (Å²) in [6.07, 6.45) is 0.766. The SMILES string of the molecule is COc1ccc(NC(=O)[C@H](C)NC(=O)C2CCN(S(=O)(=O)c3ccc(OC)cc3)CC2)cc1. The highest BCUT2D eigenvalue weighted by atomic mass is 32.2. The van der Waals surface area contributed by atoms with Gasteiger partial charge in [-0.25, -0.2) is 8.42 Å². The maximum atomic E-state index is 12.9. The van der Waals surface area contributed by atoms with Crippen LogP contribution < -0.4 is 20.1 Å². The molecule has 2 amide bonds.